The molecule has 1 heterocycles. The molecule has 0 amide bonds. The van der Waals surface area contributed by atoms with Crippen molar-refractivity contribution in [1.82, 2.24) is 0 Å². The highest BCUT2D eigenvalue weighted by atomic mass is 16.5. The Morgan fingerprint density at radius 2 is 1.91 bits per heavy atom. The summed E-state index contributed by atoms with van der Waals surface area (Å²) in [5, 5.41) is 22.7. The molecule has 0 aromatic carbocycles. The molecule has 0 bridgehead atoms. The molecule has 2 N–H and O–H groups in total. The zero-order valence-corrected chi connectivity index (χ0v) is 19.4. The normalized spacial score (nSPS) is 47.8. The summed E-state index contributed by atoms with van der Waals surface area (Å²) < 4.78 is 11.0. The minimum Gasteiger partial charge on any atom is -0.462 e. The number of ether oxygens (including phenoxy) is 1. The number of rotatable bonds is 2. The lowest BCUT2D eigenvalue weighted by molar-refractivity contribution is -0.205. The molecule has 0 saturated heterocycles. The summed E-state index contributed by atoms with van der Waals surface area (Å²) in [6.45, 7) is 5.94. The number of esters is 1. The van der Waals surface area contributed by atoms with Crippen LogP contribution < -0.4 is 5.63 Å². The van der Waals surface area contributed by atoms with E-state index in [0.717, 1.165) is 50.5 Å². The highest BCUT2D eigenvalue weighted by Gasteiger charge is 2.70. The molecule has 9 atom stereocenters. The van der Waals surface area contributed by atoms with Gasteiger partial charge in [0.1, 0.15) is 6.10 Å². The number of hydrogen-bond donors (Lipinski definition) is 2. The summed E-state index contributed by atoms with van der Waals surface area (Å²) in [6, 6.07) is 3.17. The summed E-state index contributed by atoms with van der Waals surface area (Å²) in [5.74, 6) is 0.469. The van der Waals surface area contributed by atoms with Crippen molar-refractivity contribution in [3.63, 3.8) is 0 Å². The summed E-state index contributed by atoms with van der Waals surface area (Å²) in [4.78, 5) is 23.6. The van der Waals surface area contributed by atoms with E-state index in [2.05, 4.69) is 13.8 Å². The average Bonchev–Trinajstić information content (AvgIpc) is 2.95. The van der Waals surface area contributed by atoms with Crippen LogP contribution in [0.4, 0.5) is 0 Å². The van der Waals surface area contributed by atoms with Gasteiger partial charge >= 0.3 is 11.6 Å². The van der Waals surface area contributed by atoms with E-state index < -0.39 is 22.7 Å². The number of aliphatic hydroxyl groups excluding tert-OH is 1. The van der Waals surface area contributed by atoms with E-state index in [0.29, 0.717) is 18.3 Å². The Kier molecular flexibility index (Phi) is 5.14. The molecule has 4 aliphatic carbocycles. The van der Waals surface area contributed by atoms with Gasteiger partial charge in [-0.05, 0) is 79.7 Å². The molecule has 4 saturated carbocycles. The highest BCUT2D eigenvalue weighted by molar-refractivity contribution is 5.66. The van der Waals surface area contributed by atoms with Gasteiger partial charge in [0, 0.05) is 30.7 Å². The van der Waals surface area contributed by atoms with Crippen LogP contribution in [-0.2, 0) is 9.53 Å². The van der Waals surface area contributed by atoms with Crippen LogP contribution in [-0.4, -0.2) is 34.0 Å². The fourth-order valence-electron chi connectivity index (χ4n) is 8.67. The van der Waals surface area contributed by atoms with Crippen LogP contribution in [0.15, 0.2) is 27.6 Å². The molecule has 176 valence electrons. The van der Waals surface area contributed by atoms with Crippen LogP contribution in [0.1, 0.15) is 83.6 Å². The first-order chi connectivity index (χ1) is 15.1. The second kappa shape index (κ2) is 7.42. The smallest absolute Gasteiger partial charge is 0.335 e. The lowest BCUT2D eigenvalue weighted by Crippen LogP contribution is -2.62. The number of hydrogen-bond acceptors (Lipinski definition) is 6. The minimum absolute atomic E-state index is 0.133. The lowest BCUT2D eigenvalue weighted by atomic mass is 9.43. The lowest BCUT2D eigenvalue weighted by Gasteiger charge is -2.63. The van der Waals surface area contributed by atoms with Gasteiger partial charge in [0.2, 0.25) is 0 Å². The molecular formula is C26H36O6. The van der Waals surface area contributed by atoms with Crippen LogP contribution in [0.3, 0.4) is 0 Å². The fraction of sp³-hybridized carbons (Fsp3) is 0.769. The van der Waals surface area contributed by atoms with E-state index in [9.17, 15) is 19.8 Å². The molecule has 32 heavy (non-hydrogen) atoms. The molecule has 6 heteroatoms. The Balaban J connectivity index is 1.55. The highest BCUT2D eigenvalue weighted by Crippen LogP contribution is 2.70. The predicted octanol–water partition coefficient (Wildman–Crippen LogP) is 3.78. The van der Waals surface area contributed by atoms with E-state index in [1.165, 1.54) is 19.3 Å². The molecule has 0 spiro atoms. The molecule has 6 nitrogen and oxygen atoms in total. The summed E-state index contributed by atoms with van der Waals surface area (Å²) in [7, 11) is 0. The monoisotopic (exact) mass is 444 g/mol. The van der Waals surface area contributed by atoms with Crippen molar-refractivity contribution < 1.29 is 24.2 Å². The van der Waals surface area contributed by atoms with Gasteiger partial charge in [-0.3, -0.25) is 4.79 Å². The van der Waals surface area contributed by atoms with Crippen molar-refractivity contribution in [3.8, 4) is 0 Å². The van der Waals surface area contributed by atoms with E-state index >= 15 is 0 Å². The van der Waals surface area contributed by atoms with Crippen LogP contribution in [0.5, 0.6) is 0 Å². The van der Waals surface area contributed by atoms with Crippen molar-refractivity contribution in [2.75, 3.05) is 0 Å². The standard InChI is InChI=1S/C26H36O6/c1-15(27)32-21-13-26(30)20-6-5-17-12-18(28)8-10-24(17,2)19(20)9-11-25(26,3)23(21)16-4-7-22(29)31-14-16/h4,7,14,17-21,23,28,30H,5-6,8-13H2,1-3H3/t17-,18+,19+,20-,21+,23-,24+,25-,26+/m1/s1. The Hall–Kier alpha value is -1.66. The zero-order valence-electron chi connectivity index (χ0n) is 19.4. The number of carbonyl (C=O) groups is 1. The molecule has 5 rings (SSSR count). The summed E-state index contributed by atoms with van der Waals surface area (Å²) >= 11 is 0. The largest absolute Gasteiger partial charge is 0.462 e. The van der Waals surface area contributed by atoms with Gasteiger partial charge < -0.3 is 19.4 Å². The van der Waals surface area contributed by atoms with Crippen LogP contribution in [0.25, 0.3) is 0 Å². The van der Waals surface area contributed by atoms with Gasteiger partial charge in [0.05, 0.1) is 18.0 Å². The second-order valence-corrected chi connectivity index (χ2v) is 11.5. The molecule has 0 unspecified atom stereocenters. The van der Waals surface area contributed by atoms with E-state index in [1.807, 2.05) is 0 Å². The first-order valence-electron chi connectivity index (χ1n) is 12.2. The first kappa shape index (κ1) is 22.1. The van der Waals surface area contributed by atoms with Gasteiger partial charge in [-0.25, -0.2) is 4.79 Å². The maximum Gasteiger partial charge on any atom is 0.335 e. The third-order valence-corrected chi connectivity index (χ3v) is 10.2. The number of aliphatic hydroxyl groups is 2. The van der Waals surface area contributed by atoms with Crippen LogP contribution >= 0.6 is 0 Å². The Morgan fingerprint density at radius 3 is 2.59 bits per heavy atom. The van der Waals surface area contributed by atoms with Gasteiger partial charge in [0.15, 0.2) is 0 Å². The summed E-state index contributed by atoms with van der Waals surface area (Å²) in [5.41, 5.74) is -0.903. The van der Waals surface area contributed by atoms with Crippen molar-refractivity contribution >= 4 is 5.97 Å². The van der Waals surface area contributed by atoms with E-state index in [-0.39, 0.29) is 29.3 Å². The van der Waals surface area contributed by atoms with E-state index in [1.54, 1.807) is 6.07 Å². The maximum atomic E-state index is 12.5. The first-order valence-corrected chi connectivity index (χ1v) is 12.2. The average molecular weight is 445 g/mol. The SMILES string of the molecule is CC(=O)O[C@H]1C[C@]2(O)[C@@H]3CC[C@@H]4C[C@@H](O)CC[C@]4(C)[C@H]3CC[C@]2(C)[C@@H]1c1ccc(=O)oc1. The third kappa shape index (κ3) is 3.05. The second-order valence-electron chi connectivity index (χ2n) is 11.5. The number of fused-ring (bicyclic) bond motifs is 5. The molecule has 4 aliphatic rings. The Labute approximate surface area is 189 Å². The fourth-order valence-corrected chi connectivity index (χ4v) is 8.67. The third-order valence-electron chi connectivity index (χ3n) is 10.2. The zero-order chi connectivity index (χ0) is 22.9. The van der Waals surface area contributed by atoms with Crippen LogP contribution in [0.2, 0.25) is 0 Å². The van der Waals surface area contributed by atoms with Crippen molar-refractivity contribution in [1.29, 1.82) is 0 Å². The molecule has 0 aliphatic heterocycles. The summed E-state index contributed by atoms with van der Waals surface area (Å²) in [6.07, 6.45) is 7.78. The molecule has 0 radical (unpaired) electrons. The molecular weight excluding hydrogens is 408 g/mol. The van der Waals surface area contributed by atoms with Gasteiger partial charge in [-0.2, -0.15) is 0 Å². The van der Waals surface area contributed by atoms with Crippen molar-refractivity contribution in [2.45, 2.75) is 95.9 Å². The molecule has 1 aromatic rings. The van der Waals surface area contributed by atoms with Crippen molar-refractivity contribution in [3.05, 3.63) is 34.4 Å². The maximum absolute atomic E-state index is 12.5. The molecule has 4 fully saturated rings. The molecule has 1 aromatic heterocycles. The number of carbonyl (C=O) groups excluding carboxylic acids is 1. The van der Waals surface area contributed by atoms with E-state index in [4.69, 9.17) is 9.15 Å². The van der Waals surface area contributed by atoms with Crippen molar-refractivity contribution in [2.24, 2.45) is 28.6 Å². The Bertz CT molecular complexity index is 935. The predicted molar refractivity (Wildman–Crippen MR) is 118 cm³/mol. The van der Waals surface area contributed by atoms with Gasteiger partial charge in [-0.15, -0.1) is 0 Å². The Morgan fingerprint density at radius 1 is 1.12 bits per heavy atom. The van der Waals surface area contributed by atoms with Gasteiger partial charge in [0.25, 0.3) is 0 Å². The van der Waals surface area contributed by atoms with Gasteiger partial charge in [-0.1, -0.05) is 13.8 Å². The van der Waals surface area contributed by atoms with Crippen LogP contribution in [0, 0.1) is 28.6 Å². The quantitative estimate of drug-likeness (QED) is 0.674. The topological polar surface area (TPSA) is 97.0 Å². The minimum atomic E-state index is -0.957.